The number of nitrogens with one attached hydrogen (secondary N) is 1. The number of rotatable bonds is 7. The first-order valence-electron chi connectivity index (χ1n) is 8.61. The van der Waals surface area contributed by atoms with Gasteiger partial charge in [-0.1, -0.05) is 6.07 Å². The van der Waals surface area contributed by atoms with Gasteiger partial charge in [0, 0.05) is 39.2 Å². The molecule has 0 radical (unpaired) electrons. The Morgan fingerprint density at radius 3 is 2.64 bits per heavy atom. The highest BCUT2D eigenvalue weighted by molar-refractivity contribution is 5.39. The summed E-state index contributed by atoms with van der Waals surface area (Å²) < 4.78 is 33.3. The van der Waals surface area contributed by atoms with Crippen LogP contribution in [-0.4, -0.2) is 35.5 Å². The van der Waals surface area contributed by atoms with E-state index >= 15 is 0 Å². The summed E-state index contributed by atoms with van der Waals surface area (Å²) in [5.41, 5.74) is 4.36. The van der Waals surface area contributed by atoms with Gasteiger partial charge in [0.1, 0.15) is 0 Å². The molecule has 0 bridgehead atoms. The minimum absolute atomic E-state index is 0.0565. The highest BCUT2D eigenvalue weighted by atomic mass is 19.3. The maximum absolute atomic E-state index is 13.0. The average molecular weight is 349 g/mol. The molecule has 1 aromatic heterocycles. The zero-order chi connectivity index (χ0) is 18.0. The lowest BCUT2D eigenvalue weighted by atomic mass is 9.77. The van der Waals surface area contributed by atoms with E-state index in [9.17, 15) is 8.78 Å². The largest absolute Gasteiger partial charge is 0.380 e. The molecule has 1 saturated carbocycles. The number of methoxy groups -OCH3 is 1. The molecule has 0 aliphatic heterocycles. The molecular formula is C19H25F2N3O. The van der Waals surface area contributed by atoms with E-state index in [1.807, 2.05) is 29.9 Å². The fourth-order valence-corrected chi connectivity index (χ4v) is 3.34. The van der Waals surface area contributed by atoms with Crippen LogP contribution in [0.25, 0.3) is 5.69 Å². The van der Waals surface area contributed by atoms with Gasteiger partial charge in [0.25, 0.3) is 0 Å². The third-order valence-electron chi connectivity index (χ3n) is 4.92. The fourth-order valence-electron chi connectivity index (χ4n) is 3.34. The summed E-state index contributed by atoms with van der Waals surface area (Å²) in [5, 5.41) is 7.76. The molecule has 4 nitrogen and oxygen atoms in total. The molecule has 3 rings (SSSR count). The summed E-state index contributed by atoms with van der Waals surface area (Å²) in [6.07, 6.45) is 1.65. The van der Waals surface area contributed by atoms with Crippen molar-refractivity contribution >= 4 is 0 Å². The minimum Gasteiger partial charge on any atom is -0.380 e. The predicted octanol–water partition coefficient (Wildman–Crippen LogP) is 3.64. The second-order valence-electron chi connectivity index (χ2n) is 6.94. The van der Waals surface area contributed by atoms with E-state index in [1.54, 1.807) is 7.11 Å². The van der Waals surface area contributed by atoms with Crippen LogP contribution in [-0.2, 0) is 11.3 Å². The molecule has 0 spiro atoms. The van der Waals surface area contributed by atoms with Crippen molar-refractivity contribution in [2.75, 3.05) is 13.7 Å². The lowest BCUT2D eigenvalue weighted by Crippen LogP contribution is -2.46. The van der Waals surface area contributed by atoms with E-state index in [4.69, 9.17) is 4.74 Å². The standard InChI is InChI=1S/C19H25F2N3O/c1-13-8-17(24-7-6-14(2)23-24)5-4-15(13)11-22-12-18(25-3)16-9-19(20,21)10-16/h4-8,16,18,22H,9-12H2,1-3H3. The van der Waals surface area contributed by atoms with Gasteiger partial charge in [0.15, 0.2) is 0 Å². The van der Waals surface area contributed by atoms with Crippen molar-refractivity contribution in [1.29, 1.82) is 0 Å². The maximum atomic E-state index is 13.0. The van der Waals surface area contributed by atoms with Crippen LogP contribution >= 0.6 is 0 Å². The number of nitrogens with zero attached hydrogens (tertiary/aromatic N) is 2. The van der Waals surface area contributed by atoms with Gasteiger partial charge in [-0.15, -0.1) is 0 Å². The minimum atomic E-state index is -2.50. The van der Waals surface area contributed by atoms with E-state index in [2.05, 4.69) is 29.5 Å². The van der Waals surface area contributed by atoms with Crippen LogP contribution in [0.15, 0.2) is 30.5 Å². The molecule has 1 aliphatic carbocycles. The van der Waals surface area contributed by atoms with Crippen molar-refractivity contribution in [2.24, 2.45) is 5.92 Å². The Balaban J connectivity index is 1.54. The SMILES string of the molecule is COC(CNCc1ccc(-n2ccc(C)n2)cc1C)C1CC(F)(F)C1. The van der Waals surface area contributed by atoms with Crippen molar-refractivity contribution in [3.8, 4) is 5.69 Å². The molecule has 1 N–H and O–H groups in total. The predicted molar refractivity (Wildman–Crippen MR) is 93.2 cm³/mol. The Labute approximate surface area is 147 Å². The summed E-state index contributed by atoms with van der Waals surface area (Å²) in [4.78, 5) is 0. The Morgan fingerprint density at radius 1 is 1.32 bits per heavy atom. The summed E-state index contributed by atoms with van der Waals surface area (Å²) in [7, 11) is 1.59. The topological polar surface area (TPSA) is 39.1 Å². The van der Waals surface area contributed by atoms with Gasteiger partial charge in [-0.25, -0.2) is 13.5 Å². The van der Waals surface area contributed by atoms with E-state index in [0.29, 0.717) is 13.1 Å². The highest BCUT2D eigenvalue weighted by Crippen LogP contribution is 2.44. The van der Waals surface area contributed by atoms with Gasteiger partial charge in [-0.3, -0.25) is 0 Å². The van der Waals surface area contributed by atoms with Gasteiger partial charge >= 0.3 is 0 Å². The first kappa shape index (κ1) is 18.0. The van der Waals surface area contributed by atoms with Crippen molar-refractivity contribution in [3.63, 3.8) is 0 Å². The molecule has 25 heavy (non-hydrogen) atoms. The summed E-state index contributed by atoms with van der Waals surface area (Å²) in [5.74, 6) is -2.56. The molecule has 0 saturated heterocycles. The summed E-state index contributed by atoms with van der Waals surface area (Å²) >= 11 is 0. The molecule has 2 aromatic rings. The molecule has 6 heteroatoms. The molecule has 136 valence electrons. The Bertz CT molecular complexity index is 721. The van der Waals surface area contributed by atoms with Crippen LogP contribution in [0.5, 0.6) is 0 Å². The van der Waals surface area contributed by atoms with Crippen molar-refractivity contribution in [3.05, 3.63) is 47.3 Å². The van der Waals surface area contributed by atoms with Gasteiger partial charge in [-0.2, -0.15) is 5.10 Å². The molecule has 1 heterocycles. The van der Waals surface area contributed by atoms with Crippen LogP contribution in [0.4, 0.5) is 8.78 Å². The third kappa shape index (κ3) is 4.25. The van der Waals surface area contributed by atoms with Crippen molar-refractivity contribution in [2.45, 2.75) is 45.3 Å². The number of hydrogen-bond acceptors (Lipinski definition) is 3. The molecule has 0 amide bonds. The average Bonchev–Trinajstić information content (AvgIpc) is 2.97. The van der Waals surface area contributed by atoms with Crippen LogP contribution < -0.4 is 5.32 Å². The summed E-state index contributed by atoms with van der Waals surface area (Å²) in [6.45, 7) is 5.30. The molecule has 1 atom stereocenters. The van der Waals surface area contributed by atoms with Crippen LogP contribution in [0.1, 0.15) is 29.7 Å². The van der Waals surface area contributed by atoms with Gasteiger partial charge in [0.2, 0.25) is 5.92 Å². The number of benzene rings is 1. The second kappa shape index (κ2) is 7.22. The van der Waals surface area contributed by atoms with Crippen LogP contribution in [0.3, 0.4) is 0 Å². The first-order valence-corrected chi connectivity index (χ1v) is 8.61. The number of halogens is 2. The first-order chi connectivity index (χ1) is 11.9. The van der Waals surface area contributed by atoms with E-state index in [-0.39, 0.29) is 24.9 Å². The summed E-state index contributed by atoms with van der Waals surface area (Å²) in [6, 6.07) is 8.19. The second-order valence-corrected chi connectivity index (χ2v) is 6.94. The smallest absolute Gasteiger partial charge is 0.248 e. The lowest BCUT2D eigenvalue weighted by molar-refractivity contribution is -0.146. The normalized spacial score (nSPS) is 18.1. The number of aryl methyl sites for hydroxylation is 2. The molecule has 1 unspecified atom stereocenters. The zero-order valence-electron chi connectivity index (χ0n) is 14.9. The Kier molecular flexibility index (Phi) is 5.20. The number of aromatic nitrogens is 2. The fraction of sp³-hybridized carbons (Fsp3) is 0.526. The van der Waals surface area contributed by atoms with Crippen LogP contribution in [0.2, 0.25) is 0 Å². The Morgan fingerprint density at radius 2 is 2.08 bits per heavy atom. The van der Waals surface area contributed by atoms with Gasteiger partial charge in [0.05, 0.1) is 17.5 Å². The van der Waals surface area contributed by atoms with Gasteiger partial charge in [-0.05, 0) is 49.1 Å². The van der Waals surface area contributed by atoms with E-state index in [0.717, 1.165) is 11.4 Å². The molecular weight excluding hydrogens is 324 g/mol. The number of alkyl halides is 2. The number of ether oxygens (including phenoxy) is 1. The highest BCUT2D eigenvalue weighted by Gasteiger charge is 2.48. The monoisotopic (exact) mass is 349 g/mol. The molecule has 1 aromatic carbocycles. The Hall–Kier alpha value is -1.79. The third-order valence-corrected chi connectivity index (χ3v) is 4.92. The van der Waals surface area contributed by atoms with E-state index < -0.39 is 5.92 Å². The number of hydrogen-bond donors (Lipinski definition) is 1. The zero-order valence-corrected chi connectivity index (χ0v) is 14.9. The quantitative estimate of drug-likeness (QED) is 0.829. The van der Waals surface area contributed by atoms with Gasteiger partial charge < -0.3 is 10.1 Å². The lowest BCUT2D eigenvalue weighted by Gasteiger charge is -2.39. The van der Waals surface area contributed by atoms with E-state index in [1.165, 1.54) is 11.1 Å². The van der Waals surface area contributed by atoms with Crippen molar-refractivity contribution in [1.82, 2.24) is 15.1 Å². The molecule has 1 aliphatic rings. The van der Waals surface area contributed by atoms with Crippen LogP contribution in [0, 0.1) is 19.8 Å². The maximum Gasteiger partial charge on any atom is 0.248 e. The van der Waals surface area contributed by atoms with Crippen molar-refractivity contribution < 1.29 is 13.5 Å². The molecule has 1 fully saturated rings.